The third-order valence-electron chi connectivity index (χ3n) is 2.15. The number of rotatable bonds is 4. The third kappa shape index (κ3) is 4.43. The van der Waals surface area contributed by atoms with Crippen LogP contribution in [0, 0.1) is 0 Å². The molecule has 0 spiro atoms. The molecular formula is C11H11F3N2O4. The van der Waals surface area contributed by atoms with Crippen molar-refractivity contribution < 1.29 is 32.6 Å². The Labute approximate surface area is 111 Å². The van der Waals surface area contributed by atoms with Crippen molar-refractivity contribution >= 4 is 11.9 Å². The van der Waals surface area contributed by atoms with E-state index in [9.17, 15) is 22.8 Å². The minimum absolute atomic E-state index is 0.0475. The molecule has 110 valence electrons. The van der Waals surface area contributed by atoms with Gasteiger partial charge in [-0.15, -0.1) is 0 Å². The van der Waals surface area contributed by atoms with Crippen molar-refractivity contribution in [2.24, 2.45) is 5.73 Å². The number of aliphatic hydroxyl groups excluding tert-OH is 1. The number of halogens is 3. The van der Waals surface area contributed by atoms with Gasteiger partial charge in [0.1, 0.15) is 5.75 Å². The molecule has 0 aromatic heterocycles. The molecule has 9 heteroatoms. The highest BCUT2D eigenvalue weighted by Crippen LogP contribution is 2.36. The van der Waals surface area contributed by atoms with Crippen molar-refractivity contribution in [3.63, 3.8) is 0 Å². The fourth-order valence-corrected chi connectivity index (χ4v) is 1.34. The molecular weight excluding hydrogens is 281 g/mol. The smallest absolute Gasteiger partial charge is 0.419 e. The zero-order valence-corrected chi connectivity index (χ0v) is 10.0. The summed E-state index contributed by atoms with van der Waals surface area (Å²) in [5, 5.41) is 10.5. The molecule has 6 nitrogen and oxygen atoms in total. The summed E-state index contributed by atoms with van der Waals surface area (Å²) in [6.45, 7) is -1.37. The van der Waals surface area contributed by atoms with E-state index in [0.717, 1.165) is 6.07 Å². The summed E-state index contributed by atoms with van der Waals surface area (Å²) < 4.78 is 43.0. The van der Waals surface area contributed by atoms with Gasteiger partial charge in [0.15, 0.2) is 6.61 Å². The molecule has 0 atom stereocenters. The number of hydrogen-bond acceptors (Lipinski definition) is 4. The molecule has 3 amide bonds. The van der Waals surface area contributed by atoms with Crippen LogP contribution < -0.4 is 15.8 Å². The van der Waals surface area contributed by atoms with Crippen LogP contribution in [0.2, 0.25) is 0 Å². The minimum Gasteiger partial charge on any atom is -0.483 e. The van der Waals surface area contributed by atoms with Gasteiger partial charge in [0.05, 0.1) is 12.2 Å². The Bertz CT molecular complexity index is 517. The molecule has 0 bridgehead atoms. The van der Waals surface area contributed by atoms with Crippen molar-refractivity contribution in [2.75, 3.05) is 6.61 Å². The van der Waals surface area contributed by atoms with Gasteiger partial charge < -0.3 is 15.6 Å². The molecule has 1 rings (SSSR count). The molecule has 0 saturated carbocycles. The Morgan fingerprint density at radius 1 is 1.35 bits per heavy atom. The van der Waals surface area contributed by atoms with Crippen LogP contribution in [0.1, 0.15) is 11.1 Å². The Kier molecular flexibility index (Phi) is 4.92. The van der Waals surface area contributed by atoms with Crippen molar-refractivity contribution in [3.05, 3.63) is 29.3 Å². The Morgan fingerprint density at radius 3 is 2.50 bits per heavy atom. The molecule has 0 aliphatic carbocycles. The van der Waals surface area contributed by atoms with Gasteiger partial charge in [-0.2, -0.15) is 13.2 Å². The number of nitrogens with one attached hydrogen (secondary N) is 1. The number of nitrogens with two attached hydrogens (primary N) is 1. The van der Waals surface area contributed by atoms with Crippen LogP contribution in [0.3, 0.4) is 0 Å². The molecule has 0 fully saturated rings. The number of carbonyl (C=O) groups is 2. The number of aliphatic hydroxyl groups is 1. The van der Waals surface area contributed by atoms with Crippen LogP contribution in [-0.2, 0) is 17.6 Å². The maximum absolute atomic E-state index is 12.8. The van der Waals surface area contributed by atoms with Gasteiger partial charge in [-0.25, -0.2) is 4.79 Å². The van der Waals surface area contributed by atoms with Gasteiger partial charge in [0.25, 0.3) is 5.91 Å². The van der Waals surface area contributed by atoms with E-state index in [-0.39, 0.29) is 5.56 Å². The molecule has 0 radical (unpaired) electrons. The zero-order valence-electron chi connectivity index (χ0n) is 10.0. The lowest BCUT2D eigenvalue weighted by Crippen LogP contribution is -2.38. The lowest BCUT2D eigenvalue weighted by molar-refractivity contribution is -0.139. The first-order chi connectivity index (χ1) is 9.24. The van der Waals surface area contributed by atoms with E-state index in [1.807, 2.05) is 0 Å². The number of alkyl halides is 3. The number of hydrogen-bond donors (Lipinski definition) is 3. The lowest BCUT2D eigenvalue weighted by Gasteiger charge is -2.14. The van der Waals surface area contributed by atoms with Crippen LogP contribution in [0.15, 0.2) is 18.2 Å². The zero-order chi connectivity index (χ0) is 15.3. The van der Waals surface area contributed by atoms with E-state index in [2.05, 4.69) is 5.73 Å². The number of imide groups is 1. The normalized spacial score (nSPS) is 11.0. The first-order valence-corrected chi connectivity index (χ1v) is 5.27. The van der Waals surface area contributed by atoms with Gasteiger partial charge in [0.2, 0.25) is 0 Å². The lowest BCUT2D eigenvalue weighted by atomic mass is 10.1. The van der Waals surface area contributed by atoms with E-state index in [0.29, 0.717) is 6.07 Å². The van der Waals surface area contributed by atoms with Crippen molar-refractivity contribution in [1.82, 2.24) is 5.32 Å². The predicted molar refractivity (Wildman–Crippen MR) is 60.6 cm³/mol. The summed E-state index contributed by atoms with van der Waals surface area (Å²) in [6.07, 6.45) is -4.71. The summed E-state index contributed by atoms with van der Waals surface area (Å²) in [4.78, 5) is 21.4. The Morgan fingerprint density at radius 2 is 2.00 bits per heavy atom. The molecule has 20 heavy (non-hydrogen) atoms. The van der Waals surface area contributed by atoms with Crippen molar-refractivity contribution in [3.8, 4) is 5.75 Å². The van der Waals surface area contributed by atoms with Crippen LogP contribution >= 0.6 is 0 Å². The van der Waals surface area contributed by atoms with Crippen LogP contribution in [-0.4, -0.2) is 23.7 Å². The SMILES string of the molecule is NC(=O)NC(=O)COc1ccc(CO)cc1C(F)(F)F. The highest BCUT2D eigenvalue weighted by molar-refractivity contribution is 5.94. The summed E-state index contributed by atoms with van der Waals surface area (Å²) in [6, 6.07) is 1.77. The van der Waals surface area contributed by atoms with E-state index in [4.69, 9.17) is 9.84 Å². The standard InChI is InChI=1S/C11H11F3N2O4/c12-11(13,14)7-3-6(4-17)1-2-8(7)20-5-9(18)16-10(15)19/h1-3,17H,4-5H2,(H3,15,16,18,19). The summed E-state index contributed by atoms with van der Waals surface area (Å²) in [5.41, 5.74) is 3.58. The Hall–Kier alpha value is -2.29. The first kappa shape index (κ1) is 15.8. The Balaban J connectivity index is 2.89. The maximum atomic E-state index is 12.8. The number of primary amides is 1. The molecule has 0 unspecified atom stereocenters. The second-order valence-electron chi connectivity index (χ2n) is 3.69. The highest BCUT2D eigenvalue weighted by atomic mass is 19.4. The topological polar surface area (TPSA) is 102 Å². The molecule has 0 aliphatic rings. The van der Waals surface area contributed by atoms with Gasteiger partial charge >= 0.3 is 12.2 Å². The molecule has 4 N–H and O–H groups in total. The summed E-state index contributed by atoms with van der Waals surface area (Å²) in [5.74, 6) is -1.56. The fourth-order valence-electron chi connectivity index (χ4n) is 1.34. The number of benzene rings is 1. The van der Waals surface area contributed by atoms with Gasteiger partial charge in [-0.1, -0.05) is 6.07 Å². The quantitative estimate of drug-likeness (QED) is 0.763. The number of ether oxygens (including phenoxy) is 1. The maximum Gasteiger partial charge on any atom is 0.419 e. The largest absolute Gasteiger partial charge is 0.483 e. The second kappa shape index (κ2) is 6.24. The molecule has 0 aliphatic heterocycles. The van der Waals surface area contributed by atoms with E-state index >= 15 is 0 Å². The van der Waals surface area contributed by atoms with Crippen molar-refractivity contribution in [2.45, 2.75) is 12.8 Å². The van der Waals surface area contributed by atoms with Crippen LogP contribution in [0.5, 0.6) is 5.75 Å². The molecule has 0 heterocycles. The van der Waals surface area contributed by atoms with E-state index < -0.39 is 42.6 Å². The summed E-state index contributed by atoms with van der Waals surface area (Å²) in [7, 11) is 0. The molecule has 1 aromatic carbocycles. The first-order valence-electron chi connectivity index (χ1n) is 5.27. The number of amides is 3. The van der Waals surface area contributed by atoms with Crippen LogP contribution in [0.25, 0.3) is 0 Å². The summed E-state index contributed by atoms with van der Waals surface area (Å²) >= 11 is 0. The molecule has 0 saturated heterocycles. The van der Waals surface area contributed by atoms with Crippen molar-refractivity contribution in [1.29, 1.82) is 0 Å². The fraction of sp³-hybridized carbons (Fsp3) is 0.273. The predicted octanol–water partition coefficient (Wildman–Crippen LogP) is 0.771. The minimum atomic E-state index is -4.71. The van der Waals surface area contributed by atoms with Gasteiger partial charge in [-0.05, 0) is 17.7 Å². The van der Waals surface area contributed by atoms with Gasteiger partial charge in [-0.3, -0.25) is 10.1 Å². The van der Waals surface area contributed by atoms with E-state index in [1.54, 1.807) is 5.32 Å². The van der Waals surface area contributed by atoms with E-state index in [1.165, 1.54) is 6.07 Å². The average molecular weight is 292 g/mol. The number of carbonyl (C=O) groups excluding carboxylic acids is 2. The average Bonchev–Trinajstić information content (AvgIpc) is 2.34. The monoisotopic (exact) mass is 292 g/mol. The number of urea groups is 1. The highest BCUT2D eigenvalue weighted by Gasteiger charge is 2.34. The second-order valence-corrected chi connectivity index (χ2v) is 3.69. The van der Waals surface area contributed by atoms with Gasteiger partial charge in [0, 0.05) is 0 Å². The van der Waals surface area contributed by atoms with Crippen LogP contribution in [0.4, 0.5) is 18.0 Å². The molecule has 1 aromatic rings. The third-order valence-corrected chi connectivity index (χ3v) is 2.15.